The molecule has 1 spiro atoms. The number of imidazole rings is 1. The van der Waals surface area contributed by atoms with Gasteiger partial charge in [-0.05, 0) is 36.3 Å². The number of aromatic nitrogens is 4. The van der Waals surface area contributed by atoms with Crippen molar-refractivity contribution in [3.05, 3.63) is 28.2 Å². The monoisotopic (exact) mass is 342 g/mol. The number of nitrogen functional groups attached to an aromatic ring is 1. The number of nitrogens with one attached hydrogen (secondary N) is 1. The van der Waals surface area contributed by atoms with Crippen LogP contribution < -0.4 is 10.6 Å². The van der Waals surface area contributed by atoms with Crippen LogP contribution in [0.4, 0.5) is 11.8 Å². The second kappa shape index (κ2) is 5.15. The molecule has 2 aliphatic heterocycles. The summed E-state index contributed by atoms with van der Waals surface area (Å²) in [4.78, 5) is 19.6. The van der Waals surface area contributed by atoms with E-state index in [2.05, 4.69) is 36.3 Å². The first-order chi connectivity index (χ1) is 11.8. The lowest BCUT2D eigenvalue weighted by molar-refractivity contribution is -0.0735. The van der Waals surface area contributed by atoms with Gasteiger partial charge in [0.25, 0.3) is 0 Å². The summed E-state index contributed by atoms with van der Waals surface area (Å²) in [5.41, 5.74) is 8.66. The normalized spacial score (nSPS) is 19.8. The van der Waals surface area contributed by atoms with Gasteiger partial charge in [-0.15, -0.1) is 11.3 Å². The molecular weight excluding hydrogens is 324 g/mol. The third kappa shape index (κ3) is 2.03. The maximum atomic E-state index is 6.28. The summed E-state index contributed by atoms with van der Waals surface area (Å²) in [6.07, 6.45) is 4.58. The van der Waals surface area contributed by atoms with Crippen molar-refractivity contribution in [3.8, 4) is 0 Å². The number of ether oxygens (including phenoxy) is 1. The molecule has 1 fully saturated rings. The number of hydrogen-bond acceptors (Lipinski definition) is 7. The van der Waals surface area contributed by atoms with E-state index in [0.29, 0.717) is 5.65 Å². The van der Waals surface area contributed by atoms with Crippen molar-refractivity contribution in [2.75, 3.05) is 30.3 Å². The predicted octanol–water partition coefficient (Wildman–Crippen LogP) is 2.06. The fourth-order valence-electron chi connectivity index (χ4n) is 3.87. The highest BCUT2D eigenvalue weighted by atomic mass is 32.1. The summed E-state index contributed by atoms with van der Waals surface area (Å²) in [5, 5.41) is 2.19. The quantitative estimate of drug-likeness (QED) is 0.703. The molecule has 0 radical (unpaired) electrons. The average molecular weight is 342 g/mol. The summed E-state index contributed by atoms with van der Waals surface area (Å²) in [6, 6.07) is 2.25. The van der Waals surface area contributed by atoms with Gasteiger partial charge in [0.1, 0.15) is 11.1 Å². The number of thiophene rings is 1. The molecule has 1 saturated heterocycles. The van der Waals surface area contributed by atoms with Crippen molar-refractivity contribution in [1.29, 1.82) is 0 Å². The van der Waals surface area contributed by atoms with Crippen LogP contribution in [0, 0.1) is 0 Å². The first kappa shape index (κ1) is 14.2. The van der Waals surface area contributed by atoms with Crippen LogP contribution in [0.1, 0.15) is 23.3 Å². The Balaban J connectivity index is 1.46. The number of fused-ring (bicyclic) bond motifs is 3. The summed E-state index contributed by atoms with van der Waals surface area (Å²) >= 11 is 1.83. The summed E-state index contributed by atoms with van der Waals surface area (Å²) < 4.78 is 6.28. The van der Waals surface area contributed by atoms with Crippen molar-refractivity contribution in [2.24, 2.45) is 0 Å². The molecule has 3 aromatic heterocycles. The lowest BCUT2D eigenvalue weighted by Gasteiger charge is -2.44. The number of anilines is 2. The Kier molecular flexibility index (Phi) is 3.04. The van der Waals surface area contributed by atoms with E-state index in [9.17, 15) is 0 Å². The minimum absolute atomic E-state index is 0.121. The van der Waals surface area contributed by atoms with E-state index in [0.717, 1.165) is 50.3 Å². The van der Waals surface area contributed by atoms with Gasteiger partial charge in [-0.2, -0.15) is 9.97 Å². The molecule has 124 valence electrons. The Bertz CT molecular complexity index is 895. The number of hydrogen-bond donors (Lipinski definition) is 2. The lowest BCUT2D eigenvalue weighted by atomic mass is 9.85. The largest absolute Gasteiger partial charge is 0.369 e. The van der Waals surface area contributed by atoms with Crippen LogP contribution >= 0.6 is 11.3 Å². The van der Waals surface area contributed by atoms with Crippen LogP contribution in [0.25, 0.3) is 11.2 Å². The highest BCUT2D eigenvalue weighted by Crippen LogP contribution is 2.44. The number of aromatic amines is 1. The maximum Gasteiger partial charge on any atom is 0.224 e. The van der Waals surface area contributed by atoms with Crippen LogP contribution in [0.3, 0.4) is 0 Å². The van der Waals surface area contributed by atoms with E-state index in [4.69, 9.17) is 10.5 Å². The Morgan fingerprint density at radius 1 is 1.29 bits per heavy atom. The molecule has 0 amide bonds. The second-order valence-corrected chi connectivity index (χ2v) is 7.28. The molecule has 0 saturated carbocycles. The van der Waals surface area contributed by atoms with Gasteiger partial charge in [-0.3, -0.25) is 0 Å². The van der Waals surface area contributed by atoms with Gasteiger partial charge in [-0.25, -0.2) is 4.98 Å². The summed E-state index contributed by atoms with van der Waals surface area (Å²) in [5.74, 6) is 1.10. The minimum atomic E-state index is -0.121. The van der Waals surface area contributed by atoms with E-state index in [1.54, 1.807) is 6.33 Å². The zero-order chi connectivity index (χ0) is 16.1. The van der Waals surface area contributed by atoms with Crippen molar-refractivity contribution >= 4 is 34.3 Å². The van der Waals surface area contributed by atoms with Gasteiger partial charge < -0.3 is 20.4 Å². The summed E-state index contributed by atoms with van der Waals surface area (Å²) in [6.45, 7) is 2.57. The molecule has 0 bridgehead atoms. The minimum Gasteiger partial charge on any atom is -0.369 e. The Hall–Kier alpha value is -2.19. The molecule has 0 aliphatic carbocycles. The highest BCUT2D eigenvalue weighted by molar-refractivity contribution is 7.10. The Labute approximate surface area is 142 Å². The third-order valence-corrected chi connectivity index (χ3v) is 6.21. The van der Waals surface area contributed by atoms with Crippen molar-refractivity contribution in [3.63, 3.8) is 0 Å². The smallest absolute Gasteiger partial charge is 0.224 e. The number of nitrogens with zero attached hydrogens (tertiary/aromatic N) is 4. The van der Waals surface area contributed by atoms with Crippen molar-refractivity contribution < 1.29 is 4.74 Å². The van der Waals surface area contributed by atoms with Crippen LogP contribution in [0.2, 0.25) is 0 Å². The molecule has 24 heavy (non-hydrogen) atoms. The first-order valence-electron chi connectivity index (χ1n) is 8.17. The van der Waals surface area contributed by atoms with Gasteiger partial charge in [0.2, 0.25) is 5.95 Å². The van der Waals surface area contributed by atoms with Gasteiger partial charge in [0.05, 0.1) is 12.9 Å². The van der Waals surface area contributed by atoms with Crippen molar-refractivity contribution in [1.82, 2.24) is 19.9 Å². The molecule has 3 aromatic rings. The SMILES string of the molecule is Nc1nc(N2CCC3(CC2)OCCc2ccsc23)c2[nH]cnc2n1. The van der Waals surface area contributed by atoms with Crippen LogP contribution in [-0.2, 0) is 16.8 Å². The van der Waals surface area contributed by atoms with E-state index >= 15 is 0 Å². The van der Waals surface area contributed by atoms with Gasteiger partial charge in [-0.1, -0.05) is 0 Å². The van der Waals surface area contributed by atoms with Gasteiger partial charge >= 0.3 is 0 Å². The number of rotatable bonds is 1. The van der Waals surface area contributed by atoms with Crippen molar-refractivity contribution in [2.45, 2.75) is 24.9 Å². The zero-order valence-electron chi connectivity index (χ0n) is 13.2. The van der Waals surface area contributed by atoms with Crippen LogP contribution in [0.15, 0.2) is 17.8 Å². The highest BCUT2D eigenvalue weighted by Gasteiger charge is 2.42. The fraction of sp³-hybridized carbons (Fsp3) is 0.438. The Morgan fingerprint density at radius 2 is 2.17 bits per heavy atom. The molecule has 8 heteroatoms. The second-order valence-electron chi connectivity index (χ2n) is 6.36. The molecule has 0 unspecified atom stereocenters. The van der Waals surface area contributed by atoms with E-state index < -0.39 is 0 Å². The first-order valence-corrected chi connectivity index (χ1v) is 9.05. The zero-order valence-corrected chi connectivity index (χ0v) is 14.0. The van der Waals surface area contributed by atoms with Gasteiger partial charge in [0, 0.05) is 18.0 Å². The van der Waals surface area contributed by atoms with E-state index in [1.807, 2.05) is 11.3 Å². The van der Waals surface area contributed by atoms with Crippen LogP contribution in [0.5, 0.6) is 0 Å². The number of H-pyrrole nitrogens is 1. The number of nitrogens with two attached hydrogens (primary N) is 1. The molecule has 0 aromatic carbocycles. The van der Waals surface area contributed by atoms with E-state index in [-0.39, 0.29) is 11.5 Å². The van der Waals surface area contributed by atoms with Gasteiger partial charge in [0.15, 0.2) is 11.5 Å². The topological polar surface area (TPSA) is 92.9 Å². The van der Waals surface area contributed by atoms with Crippen LogP contribution in [-0.4, -0.2) is 39.6 Å². The Morgan fingerprint density at radius 3 is 3.04 bits per heavy atom. The standard InChI is InChI=1S/C16H18N6OS/c17-15-20-13-11(18-9-19-13)14(21-15)22-5-3-16(4-6-22)12-10(1-7-23-16)2-8-24-12/h2,8-9H,1,3-7H2,(H3,17,18,19,20,21). The third-order valence-electron chi connectivity index (χ3n) is 5.06. The molecule has 5 heterocycles. The fourth-order valence-corrected chi connectivity index (χ4v) is 5.04. The summed E-state index contributed by atoms with van der Waals surface area (Å²) in [7, 11) is 0. The van der Waals surface area contributed by atoms with E-state index in [1.165, 1.54) is 10.4 Å². The number of piperidine rings is 1. The predicted molar refractivity (Wildman–Crippen MR) is 93.2 cm³/mol. The molecular formula is C16H18N6OS. The molecule has 0 atom stereocenters. The molecule has 2 aliphatic rings. The average Bonchev–Trinajstić information content (AvgIpc) is 3.24. The maximum absolute atomic E-state index is 6.28. The molecule has 5 rings (SSSR count). The lowest BCUT2D eigenvalue weighted by Crippen LogP contribution is -2.46. The molecule has 7 nitrogen and oxygen atoms in total. The molecule has 3 N–H and O–H groups in total.